The molecule has 0 saturated carbocycles. The van der Waals surface area contributed by atoms with Gasteiger partial charge in [-0.3, -0.25) is 9.59 Å². The van der Waals surface area contributed by atoms with Crippen molar-refractivity contribution in [3.8, 4) is 0 Å². The van der Waals surface area contributed by atoms with E-state index < -0.39 is 0 Å². The molecule has 0 aliphatic heterocycles. The van der Waals surface area contributed by atoms with Crippen LogP contribution in [-0.4, -0.2) is 24.1 Å². The summed E-state index contributed by atoms with van der Waals surface area (Å²) in [4.78, 5) is 24.2. The zero-order valence-electron chi connectivity index (χ0n) is 18.9. The SMILES string of the molecule is O=C(CCCCCCCCC(=O)OC1Cc2ccccc2C1)OC1Cc2ccccc2C1. The first-order chi connectivity index (χ1) is 15.7. The van der Waals surface area contributed by atoms with Crippen LogP contribution in [0, 0.1) is 0 Å². The van der Waals surface area contributed by atoms with Gasteiger partial charge in [0, 0.05) is 38.5 Å². The molecule has 0 atom stereocenters. The second kappa shape index (κ2) is 11.3. The number of hydrogen-bond donors (Lipinski definition) is 0. The number of unbranched alkanes of at least 4 members (excludes halogenated alkanes) is 5. The van der Waals surface area contributed by atoms with Crippen molar-refractivity contribution in [2.75, 3.05) is 0 Å². The molecule has 0 heterocycles. The summed E-state index contributed by atoms with van der Waals surface area (Å²) in [7, 11) is 0. The predicted molar refractivity (Wildman–Crippen MR) is 124 cm³/mol. The molecular formula is C28H34O4. The maximum atomic E-state index is 12.1. The molecule has 0 bridgehead atoms. The summed E-state index contributed by atoms with van der Waals surface area (Å²) in [5, 5.41) is 0. The Morgan fingerprint density at radius 3 is 1.22 bits per heavy atom. The molecule has 0 spiro atoms. The molecule has 0 amide bonds. The molecule has 0 saturated heterocycles. The Morgan fingerprint density at radius 2 is 0.875 bits per heavy atom. The molecule has 0 fully saturated rings. The molecule has 2 aromatic carbocycles. The van der Waals surface area contributed by atoms with E-state index in [9.17, 15) is 9.59 Å². The van der Waals surface area contributed by atoms with E-state index >= 15 is 0 Å². The molecule has 4 heteroatoms. The zero-order valence-corrected chi connectivity index (χ0v) is 18.9. The third-order valence-electron chi connectivity index (χ3n) is 6.64. The Labute approximate surface area is 191 Å². The van der Waals surface area contributed by atoms with Crippen molar-refractivity contribution < 1.29 is 19.1 Å². The van der Waals surface area contributed by atoms with Gasteiger partial charge in [-0.2, -0.15) is 0 Å². The molecule has 32 heavy (non-hydrogen) atoms. The van der Waals surface area contributed by atoms with Gasteiger partial charge in [0.05, 0.1) is 0 Å². The van der Waals surface area contributed by atoms with Gasteiger partial charge in [-0.25, -0.2) is 0 Å². The van der Waals surface area contributed by atoms with E-state index in [1.165, 1.54) is 22.3 Å². The molecule has 4 rings (SSSR count). The first kappa shape index (κ1) is 22.6. The summed E-state index contributed by atoms with van der Waals surface area (Å²) in [5.41, 5.74) is 5.23. The summed E-state index contributed by atoms with van der Waals surface area (Å²) >= 11 is 0. The lowest BCUT2D eigenvalue weighted by molar-refractivity contribution is -0.149. The maximum absolute atomic E-state index is 12.1. The average Bonchev–Trinajstić information content (AvgIpc) is 3.38. The minimum atomic E-state index is -0.0698. The molecule has 2 aliphatic carbocycles. The van der Waals surface area contributed by atoms with Crippen molar-refractivity contribution >= 4 is 11.9 Å². The van der Waals surface area contributed by atoms with Gasteiger partial charge in [0.15, 0.2) is 0 Å². The minimum Gasteiger partial charge on any atom is -0.462 e. The van der Waals surface area contributed by atoms with E-state index in [0.717, 1.165) is 64.2 Å². The van der Waals surface area contributed by atoms with Crippen LogP contribution in [-0.2, 0) is 44.7 Å². The number of ether oxygens (including phenoxy) is 2. The molecular weight excluding hydrogens is 400 g/mol. The fourth-order valence-electron chi connectivity index (χ4n) is 4.94. The number of carbonyl (C=O) groups is 2. The van der Waals surface area contributed by atoms with Crippen LogP contribution in [0.4, 0.5) is 0 Å². The van der Waals surface area contributed by atoms with Crippen molar-refractivity contribution in [3.05, 3.63) is 70.8 Å². The summed E-state index contributed by atoms with van der Waals surface area (Å²) in [6, 6.07) is 16.7. The Morgan fingerprint density at radius 1 is 0.562 bits per heavy atom. The van der Waals surface area contributed by atoms with Crippen LogP contribution in [0.25, 0.3) is 0 Å². The number of fused-ring (bicyclic) bond motifs is 2. The number of benzene rings is 2. The van der Waals surface area contributed by atoms with E-state index in [4.69, 9.17) is 9.47 Å². The van der Waals surface area contributed by atoms with Crippen LogP contribution in [0.5, 0.6) is 0 Å². The molecule has 4 nitrogen and oxygen atoms in total. The smallest absolute Gasteiger partial charge is 0.306 e. The van der Waals surface area contributed by atoms with Crippen molar-refractivity contribution in [3.63, 3.8) is 0 Å². The van der Waals surface area contributed by atoms with Gasteiger partial charge in [0.1, 0.15) is 12.2 Å². The van der Waals surface area contributed by atoms with Gasteiger partial charge in [-0.15, -0.1) is 0 Å². The highest BCUT2D eigenvalue weighted by Gasteiger charge is 2.25. The fourth-order valence-corrected chi connectivity index (χ4v) is 4.94. The maximum Gasteiger partial charge on any atom is 0.306 e. The fraction of sp³-hybridized carbons (Fsp3) is 0.500. The second-order valence-electron chi connectivity index (χ2n) is 9.20. The quantitative estimate of drug-likeness (QED) is 0.345. The minimum absolute atomic E-state index is 0.0121. The lowest BCUT2D eigenvalue weighted by Crippen LogP contribution is -2.18. The van der Waals surface area contributed by atoms with Gasteiger partial charge in [-0.1, -0.05) is 74.2 Å². The standard InChI is InChI=1S/C28H34O4/c29-27(31-25-17-21-11-7-8-12-22(21)18-25)15-5-3-1-2-4-6-16-28(30)32-26-19-23-13-9-10-14-24(23)20-26/h7-14,25-26H,1-6,15-20H2. The Kier molecular flexibility index (Phi) is 7.97. The summed E-state index contributed by atoms with van der Waals surface area (Å²) in [6.45, 7) is 0. The van der Waals surface area contributed by atoms with E-state index in [1.54, 1.807) is 0 Å². The van der Waals surface area contributed by atoms with Crippen LogP contribution in [0.2, 0.25) is 0 Å². The normalized spacial score (nSPS) is 15.4. The third-order valence-corrected chi connectivity index (χ3v) is 6.64. The highest BCUT2D eigenvalue weighted by atomic mass is 16.5. The van der Waals surface area contributed by atoms with Crippen molar-refractivity contribution in [2.45, 2.75) is 89.3 Å². The largest absolute Gasteiger partial charge is 0.462 e. The second-order valence-corrected chi connectivity index (χ2v) is 9.20. The third kappa shape index (κ3) is 6.44. The summed E-state index contributed by atoms with van der Waals surface area (Å²) < 4.78 is 11.3. The van der Waals surface area contributed by atoms with Crippen molar-refractivity contribution in [1.29, 1.82) is 0 Å². The van der Waals surface area contributed by atoms with E-state index in [1.807, 2.05) is 24.3 Å². The van der Waals surface area contributed by atoms with Crippen LogP contribution < -0.4 is 0 Å². The summed E-state index contributed by atoms with van der Waals surface area (Å²) in [6.07, 6.45) is 10.4. The monoisotopic (exact) mass is 434 g/mol. The van der Waals surface area contributed by atoms with Gasteiger partial charge >= 0.3 is 11.9 Å². The highest BCUT2D eigenvalue weighted by molar-refractivity contribution is 5.70. The Bertz CT molecular complexity index is 794. The molecule has 2 aliphatic rings. The van der Waals surface area contributed by atoms with E-state index in [0.29, 0.717) is 12.8 Å². The van der Waals surface area contributed by atoms with Gasteiger partial charge in [-0.05, 0) is 35.1 Å². The highest BCUT2D eigenvalue weighted by Crippen LogP contribution is 2.25. The lowest BCUT2D eigenvalue weighted by atomic mass is 10.1. The number of carbonyl (C=O) groups excluding carboxylic acids is 2. The first-order valence-electron chi connectivity index (χ1n) is 12.2. The van der Waals surface area contributed by atoms with Gasteiger partial charge in [0.2, 0.25) is 0 Å². The number of hydrogen-bond acceptors (Lipinski definition) is 4. The molecule has 0 N–H and O–H groups in total. The molecule has 0 radical (unpaired) electrons. The van der Waals surface area contributed by atoms with E-state index in [2.05, 4.69) is 24.3 Å². The number of rotatable bonds is 11. The van der Waals surface area contributed by atoms with Crippen LogP contribution in [0.3, 0.4) is 0 Å². The summed E-state index contributed by atoms with van der Waals surface area (Å²) in [5.74, 6) is -0.140. The average molecular weight is 435 g/mol. The first-order valence-corrected chi connectivity index (χ1v) is 12.2. The van der Waals surface area contributed by atoms with Crippen molar-refractivity contribution in [2.24, 2.45) is 0 Å². The van der Waals surface area contributed by atoms with Crippen LogP contribution in [0.15, 0.2) is 48.5 Å². The topological polar surface area (TPSA) is 52.6 Å². The van der Waals surface area contributed by atoms with Gasteiger partial charge < -0.3 is 9.47 Å². The van der Waals surface area contributed by atoms with Gasteiger partial charge in [0.25, 0.3) is 0 Å². The molecule has 0 unspecified atom stereocenters. The molecule has 2 aromatic rings. The Hall–Kier alpha value is -2.62. The molecule has 0 aromatic heterocycles. The predicted octanol–water partition coefficient (Wildman–Crippen LogP) is 5.53. The zero-order chi connectivity index (χ0) is 22.2. The van der Waals surface area contributed by atoms with Crippen LogP contribution in [0.1, 0.15) is 73.6 Å². The van der Waals surface area contributed by atoms with E-state index in [-0.39, 0.29) is 24.1 Å². The lowest BCUT2D eigenvalue weighted by Gasteiger charge is -2.11. The number of esters is 2. The van der Waals surface area contributed by atoms with Crippen molar-refractivity contribution in [1.82, 2.24) is 0 Å². The van der Waals surface area contributed by atoms with Crippen LogP contribution >= 0.6 is 0 Å². The Balaban J connectivity index is 0.981. The molecule has 170 valence electrons.